The number of aliphatic carboxylic acids is 1. The van der Waals surface area contributed by atoms with E-state index in [-0.39, 0.29) is 6.54 Å². The minimum absolute atomic E-state index is 0.0901. The maximum atomic E-state index is 11.4. The van der Waals surface area contributed by atoms with Gasteiger partial charge >= 0.3 is 5.97 Å². The van der Waals surface area contributed by atoms with E-state index in [1.165, 1.54) is 0 Å². The lowest BCUT2D eigenvalue weighted by Gasteiger charge is -2.32. The summed E-state index contributed by atoms with van der Waals surface area (Å²) in [4.78, 5) is 11.2. The molecule has 1 aliphatic rings. The molecule has 0 spiro atoms. The highest BCUT2D eigenvalue weighted by Crippen LogP contribution is 2.30. The Morgan fingerprint density at radius 2 is 2.06 bits per heavy atom. The third kappa shape index (κ3) is 2.17. The molecule has 1 aliphatic heterocycles. The fraction of sp³-hybridized carbons (Fsp3) is 0.300. The van der Waals surface area contributed by atoms with Crippen LogP contribution in [0, 0.1) is 0 Å². The van der Waals surface area contributed by atoms with Gasteiger partial charge in [0.15, 0.2) is 0 Å². The summed E-state index contributed by atoms with van der Waals surface area (Å²) in [7, 11) is -4.01. The Kier molecular flexibility index (Phi) is 2.90. The lowest BCUT2D eigenvalue weighted by Crippen LogP contribution is -2.46. The second kappa shape index (κ2) is 4.10. The van der Waals surface area contributed by atoms with E-state index in [1.54, 1.807) is 24.3 Å². The first-order valence-corrected chi connectivity index (χ1v) is 6.52. The predicted molar refractivity (Wildman–Crippen MR) is 60.3 cm³/mol. The summed E-state index contributed by atoms with van der Waals surface area (Å²) >= 11 is 0. The monoisotopic (exact) mass is 256 g/mol. The van der Waals surface area contributed by atoms with Gasteiger partial charge in [-0.25, -0.2) is 5.14 Å². The highest BCUT2D eigenvalue weighted by atomic mass is 32.2. The van der Waals surface area contributed by atoms with Crippen molar-refractivity contribution in [1.82, 2.24) is 4.31 Å². The van der Waals surface area contributed by atoms with Crippen LogP contribution in [0.2, 0.25) is 0 Å². The van der Waals surface area contributed by atoms with Crippen molar-refractivity contribution in [3.63, 3.8) is 0 Å². The summed E-state index contributed by atoms with van der Waals surface area (Å²) in [5.41, 5.74) is 1.33. The highest BCUT2D eigenvalue weighted by Gasteiger charge is 2.38. The number of carboxylic acids is 1. The molecule has 6 nitrogen and oxygen atoms in total. The average molecular weight is 256 g/mol. The van der Waals surface area contributed by atoms with E-state index in [1.807, 2.05) is 0 Å². The molecule has 92 valence electrons. The number of rotatable bonds is 2. The average Bonchev–Trinajstić information content (AvgIpc) is 2.26. The Bertz CT molecular complexity index is 555. The lowest BCUT2D eigenvalue weighted by atomic mass is 9.94. The Morgan fingerprint density at radius 3 is 2.65 bits per heavy atom. The van der Waals surface area contributed by atoms with Gasteiger partial charge in [-0.3, -0.25) is 4.79 Å². The number of nitrogens with two attached hydrogens (primary N) is 1. The Balaban J connectivity index is 2.54. The SMILES string of the molecule is NS(=O)(=O)N1CCc2ccccc2C1C(=O)O. The van der Waals surface area contributed by atoms with Gasteiger partial charge in [-0.1, -0.05) is 24.3 Å². The summed E-state index contributed by atoms with van der Waals surface area (Å²) in [6.45, 7) is 0.0901. The molecule has 3 N–H and O–H groups in total. The molecule has 0 amide bonds. The minimum Gasteiger partial charge on any atom is -0.480 e. The zero-order chi connectivity index (χ0) is 12.6. The number of hydrogen-bond donors (Lipinski definition) is 2. The normalized spacial score (nSPS) is 20.9. The van der Waals surface area contributed by atoms with E-state index in [2.05, 4.69) is 0 Å². The van der Waals surface area contributed by atoms with Gasteiger partial charge in [0.1, 0.15) is 6.04 Å². The van der Waals surface area contributed by atoms with Gasteiger partial charge in [0.2, 0.25) is 0 Å². The van der Waals surface area contributed by atoms with Crippen LogP contribution < -0.4 is 5.14 Å². The van der Waals surface area contributed by atoms with E-state index in [9.17, 15) is 13.2 Å². The maximum Gasteiger partial charge on any atom is 0.326 e. The van der Waals surface area contributed by atoms with Gasteiger partial charge in [-0.15, -0.1) is 0 Å². The summed E-state index contributed by atoms with van der Waals surface area (Å²) in [5.74, 6) is -1.22. The summed E-state index contributed by atoms with van der Waals surface area (Å²) in [6.07, 6.45) is 0.469. The molecule has 0 aromatic heterocycles. The second-order valence-corrected chi connectivity index (χ2v) is 5.34. The van der Waals surface area contributed by atoms with Crippen molar-refractivity contribution in [1.29, 1.82) is 0 Å². The molecule has 2 rings (SSSR count). The topological polar surface area (TPSA) is 101 Å². The third-order valence-electron chi connectivity index (χ3n) is 2.80. The number of fused-ring (bicyclic) bond motifs is 1. The zero-order valence-corrected chi connectivity index (χ0v) is 9.72. The first kappa shape index (κ1) is 12.0. The minimum atomic E-state index is -4.01. The van der Waals surface area contributed by atoms with E-state index >= 15 is 0 Å². The molecule has 1 heterocycles. The molecular formula is C10H12N2O4S. The molecule has 1 aromatic carbocycles. The third-order valence-corrected chi connectivity index (χ3v) is 3.85. The van der Waals surface area contributed by atoms with Crippen molar-refractivity contribution >= 4 is 16.2 Å². The van der Waals surface area contributed by atoms with Crippen molar-refractivity contribution in [2.24, 2.45) is 5.14 Å². The van der Waals surface area contributed by atoms with Gasteiger partial charge in [0, 0.05) is 6.54 Å². The van der Waals surface area contributed by atoms with Gasteiger partial charge in [0.25, 0.3) is 10.2 Å². The van der Waals surface area contributed by atoms with Crippen molar-refractivity contribution < 1.29 is 18.3 Å². The van der Waals surface area contributed by atoms with Crippen LogP contribution in [0.25, 0.3) is 0 Å². The van der Waals surface area contributed by atoms with E-state index < -0.39 is 22.2 Å². The van der Waals surface area contributed by atoms with Gasteiger partial charge in [-0.2, -0.15) is 12.7 Å². The predicted octanol–water partition coefficient (Wildman–Crippen LogP) is -0.126. The fourth-order valence-electron chi connectivity index (χ4n) is 2.07. The summed E-state index contributed by atoms with van der Waals surface area (Å²) < 4.78 is 23.5. The van der Waals surface area contributed by atoms with Crippen molar-refractivity contribution in [2.75, 3.05) is 6.54 Å². The Morgan fingerprint density at radius 1 is 1.41 bits per heavy atom. The molecule has 1 unspecified atom stereocenters. The van der Waals surface area contributed by atoms with Gasteiger partial charge in [-0.05, 0) is 17.5 Å². The number of benzene rings is 1. The van der Waals surface area contributed by atoms with Crippen LogP contribution in [-0.4, -0.2) is 30.3 Å². The quantitative estimate of drug-likeness (QED) is 0.769. The molecule has 0 saturated carbocycles. The van der Waals surface area contributed by atoms with Gasteiger partial charge in [0.05, 0.1) is 0 Å². The van der Waals surface area contributed by atoms with E-state index in [4.69, 9.17) is 10.2 Å². The van der Waals surface area contributed by atoms with Crippen LogP contribution in [0.15, 0.2) is 24.3 Å². The van der Waals surface area contributed by atoms with Crippen LogP contribution in [0.4, 0.5) is 0 Å². The first-order valence-electron chi connectivity index (χ1n) is 5.01. The van der Waals surface area contributed by atoms with Crippen LogP contribution in [0.1, 0.15) is 17.2 Å². The van der Waals surface area contributed by atoms with E-state index in [0.717, 1.165) is 9.87 Å². The zero-order valence-electron chi connectivity index (χ0n) is 8.91. The van der Waals surface area contributed by atoms with Crippen LogP contribution in [-0.2, 0) is 21.4 Å². The molecule has 0 saturated heterocycles. The van der Waals surface area contributed by atoms with E-state index in [0.29, 0.717) is 12.0 Å². The summed E-state index contributed by atoms with van der Waals surface area (Å²) in [5, 5.41) is 14.2. The van der Waals surface area contributed by atoms with Crippen LogP contribution >= 0.6 is 0 Å². The lowest BCUT2D eigenvalue weighted by molar-refractivity contribution is -0.142. The Hall–Kier alpha value is -1.44. The van der Waals surface area contributed by atoms with Crippen molar-refractivity contribution in [3.05, 3.63) is 35.4 Å². The van der Waals surface area contributed by atoms with Crippen molar-refractivity contribution in [3.8, 4) is 0 Å². The number of hydrogen-bond acceptors (Lipinski definition) is 3. The van der Waals surface area contributed by atoms with Crippen LogP contribution in [0.3, 0.4) is 0 Å². The molecule has 1 aromatic rings. The molecule has 0 aliphatic carbocycles. The standard InChI is InChI=1S/C10H12N2O4S/c11-17(15,16)12-6-5-7-3-1-2-4-8(7)9(12)10(13)14/h1-4,9H,5-6H2,(H,13,14)(H2,11,15,16). The molecule has 0 radical (unpaired) electrons. The maximum absolute atomic E-state index is 11.4. The van der Waals surface area contributed by atoms with Crippen molar-refractivity contribution in [2.45, 2.75) is 12.5 Å². The number of nitrogens with zero attached hydrogens (tertiary/aromatic N) is 1. The molecule has 1 atom stereocenters. The smallest absolute Gasteiger partial charge is 0.326 e. The molecule has 7 heteroatoms. The van der Waals surface area contributed by atoms with Crippen LogP contribution in [0.5, 0.6) is 0 Å². The molecular weight excluding hydrogens is 244 g/mol. The highest BCUT2D eigenvalue weighted by molar-refractivity contribution is 7.86. The molecule has 0 bridgehead atoms. The molecule has 17 heavy (non-hydrogen) atoms. The first-order chi connectivity index (χ1) is 7.91. The van der Waals surface area contributed by atoms with Gasteiger partial charge < -0.3 is 5.11 Å². The largest absolute Gasteiger partial charge is 0.480 e. The molecule has 0 fully saturated rings. The number of carboxylic acid groups (broad SMARTS) is 1. The fourth-order valence-corrected chi connectivity index (χ4v) is 2.92. The second-order valence-electron chi connectivity index (χ2n) is 3.85. The summed E-state index contributed by atoms with van der Waals surface area (Å²) in [6, 6.07) is 5.66. The Labute approximate surface area is 98.8 Å². The number of carbonyl (C=O) groups is 1.